The summed E-state index contributed by atoms with van der Waals surface area (Å²) in [5.41, 5.74) is 3.14. The maximum Gasteiger partial charge on any atom is 0.258 e. The summed E-state index contributed by atoms with van der Waals surface area (Å²) in [6.07, 6.45) is 3.67. The Morgan fingerprint density at radius 3 is 2.75 bits per heavy atom. The molecule has 1 aliphatic heterocycles. The summed E-state index contributed by atoms with van der Waals surface area (Å²) in [5.74, 6) is 2.22. The number of fused-ring (bicyclic) bond motifs is 2. The van der Waals surface area contributed by atoms with E-state index in [2.05, 4.69) is 31.8 Å². The van der Waals surface area contributed by atoms with Crippen LogP contribution in [0.5, 0.6) is 0 Å². The molecule has 3 aromatic heterocycles. The predicted octanol–water partition coefficient (Wildman–Crippen LogP) is 2.96. The molecule has 28 heavy (non-hydrogen) atoms. The van der Waals surface area contributed by atoms with Gasteiger partial charge in [-0.1, -0.05) is 0 Å². The van der Waals surface area contributed by atoms with E-state index in [1.807, 2.05) is 25.7 Å². The maximum atomic E-state index is 13.5. The van der Waals surface area contributed by atoms with Crippen LogP contribution in [0.15, 0.2) is 10.7 Å². The SMILES string of the molecule is Cc1nc(C)n2c1CN(C(=O)c1c(C)oc3ncnc(NC4(C)CC4)c13)CC2. The van der Waals surface area contributed by atoms with Crippen molar-refractivity contribution < 1.29 is 9.21 Å². The van der Waals surface area contributed by atoms with Crippen molar-refractivity contribution in [2.24, 2.45) is 0 Å². The van der Waals surface area contributed by atoms with E-state index in [-0.39, 0.29) is 11.4 Å². The Hall–Kier alpha value is -2.90. The molecule has 1 N–H and O–H groups in total. The molecule has 8 heteroatoms. The summed E-state index contributed by atoms with van der Waals surface area (Å²) in [4.78, 5) is 28.6. The van der Waals surface area contributed by atoms with E-state index in [0.717, 1.165) is 36.6 Å². The molecule has 0 atom stereocenters. The minimum Gasteiger partial charge on any atom is -0.442 e. The number of furan rings is 1. The third-order valence-electron chi connectivity index (χ3n) is 5.98. The average molecular weight is 380 g/mol. The van der Waals surface area contributed by atoms with Gasteiger partial charge in [0.25, 0.3) is 5.91 Å². The Morgan fingerprint density at radius 1 is 1.21 bits per heavy atom. The standard InChI is InChI=1S/C20H24N6O2/c1-11-14-9-25(7-8-26(14)13(3)23-11)19(27)15-12(2)28-18-16(15)17(21-10-22-18)24-20(4)5-6-20/h10H,5-9H2,1-4H3,(H,21,22,24). The van der Waals surface area contributed by atoms with Crippen LogP contribution in [0.1, 0.15) is 53.1 Å². The second-order valence-electron chi connectivity index (χ2n) is 8.19. The van der Waals surface area contributed by atoms with E-state index >= 15 is 0 Å². The van der Waals surface area contributed by atoms with Crippen LogP contribution < -0.4 is 5.32 Å². The van der Waals surface area contributed by atoms with Crippen LogP contribution in [-0.2, 0) is 13.1 Å². The van der Waals surface area contributed by atoms with E-state index < -0.39 is 0 Å². The number of aryl methyl sites for hydroxylation is 3. The summed E-state index contributed by atoms with van der Waals surface area (Å²) in [7, 11) is 0. The number of rotatable bonds is 3. The Labute approximate surface area is 163 Å². The van der Waals surface area contributed by atoms with Gasteiger partial charge in [-0.2, -0.15) is 0 Å². The van der Waals surface area contributed by atoms with E-state index in [1.54, 1.807) is 0 Å². The number of hydrogen-bond donors (Lipinski definition) is 1. The van der Waals surface area contributed by atoms with Crippen molar-refractivity contribution in [3.63, 3.8) is 0 Å². The smallest absolute Gasteiger partial charge is 0.258 e. The van der Waals surface area contributed by atoms with Gasteiger partial charge in [0.2, 0.25) is 5.71 Å². The Kier molecular flexibility index (Phi) is 3.56. The van der Waals surface area contributed by atoms with Crippen LogP contribution in [0.2, 0.25) is 0 Å². The molecule has 5 rings (SSSR count). The van der Waals surface area contributed by atoms with Gasteiger partial charge in [-0.15, -0.1) is 0 Å². The number of amides is 1. The number of carbonyl (C=O) groups excluding carboxylic acids is 1. The minimum absolute atomic E-state index is 0.0407. The molecule has 0 aromatic carbocycles. The van der Waals surface area contributed by atoms with Crippen LogP contribution in [-0.4, -0.2) is 42.4 Å². The first-order chi connectivity index (χ1) is 13.4. The highest BCUT2D eigenvalue weighted by Crippen LogP contribution is 2.40. The quantitative estimate of drug-likeness (QED) is 0.751. The number of hydrogen-bond acceptors (Lipinski definition) is 6. The summed E-state index contributed by atoms with van der Waals surface area (Å²) < 4.78 is 8.03. The number of nitrogens with zero attached hydrogens (tertiary/aromatic N) is 5. The summed E-state index contributed by atoms with van der Waals surface area (Å²) in [6.45, 7) is 9.93. The second-order valence-corrected chi connectivity index (χ2v) is 8.19. The molecule has 0 radical (unpaired) electrons. The Bertz CT molecular complexity index is 1110. The molecule has 8 nitrogen and oxygen atoms in total. The second kappa shape index (κ2) is 5.80. The summed E-state index contributed by atoms with van der Waals surface area (Å²) in [6, 6.07) is 0. The van der Waals surface area contributed by atoms with Crippen LogP contribution in [0.4, 0.5) is 5.82 Å². The molecular formula is C20H24N6O2. The number of nitrogens with one attached hydrogen (secondary N) is 1. The minimum atomic E-state index is -0.0421. The highest BCUT2D eigenvalue weighted by molar-refractivity contribution is 6.10. The van der Waals surface area contributed by atoms with Crippen LogP contribution >= 0.6 is 0 Å². The van der Waals surface area contributed by atoms with Gasteiger partial charge in [0.05, 0.1) is 28.9 Å². The third-order valence-corrected chi connectivity index (χ3v) is 5.98. The van der Waals surface area contributed by atoms with Crippen molar-refractivity contribution in [3.05, 3.63) is 34.9 Å². The molecule has 0 spiro atoms. The molecule has 1 amide bonds. The van der Waals surface area contributed by atoms with E-state index in [0.29, 0.717) is 41.3 Å². The zero-order valence-electron chi connectivity index (χ0n) is 16.7. The fourth-order valence-electron chi connectivity index (χ4n) is 4.06. The van der Waals surface area contributed by atoms with Gasteiger partial charge in [0, 0.05) is 18.6 Å². The molecule has 4 heterocycles. The topological polar surface area (TPSA) is 89.1 Å². The Balaban J connectivity index is 1.55. The first-order valence-electron chi connectivity index (χ1n) is 9.70. The van der Waals surface area contributed by atoms with Gasteiger partial charge < -0.3 is 19.2 Å². The lowest BCUT2D eigenvalue weighted by atomic mass is 10.1. The number of carbonyl (C=O) groups is 1. The first-order valence-corrected chi connectivity index (χ1v) is 9.70. The van der Waals surface area contributed by atoms with Gasteiger partial charge in [-0.05, 0) is 40.5 Å². The normalized spacial score (nSPS) is 17.6. The van der Waals surface area contributed by atoms with Crippen molar-refractivity contribution in [3.8, 4) is 0 Å². The fraction of sp³-hybridized carbons (Fsp3) is 0.500. The Morgan fingerprint density at radius 2 is 2.00 bits per heavy atom. The van der Waals surface area contributed by atoms with Crippen molar-refractivity contribution in [1.82, 2.24) is 24.4 Å². The largest absolute Gasteiger partial charge is 0.442 e. The molecule has 0 bridgehead atoms. The van der Waals surface area contributed by atoms with Gasteiger partial charge in [-0.3, -0.25) is 4.79 Å². The van der Waals surface area contributed by atoms with Crippen molar-refractivity contribution in [2.45, 2.75) is 59.2 Å². The maximum absolute atomic E-state index is 13.5. The lowest BCUT2D eigenvalue weighted by Gasteiger charge is -2.29. The van der Waals surface area contributed by atoms with E-state index in [1.165, 1.54) is 6.33 Å². The monoisotopic (exact) mass is 380 g/mol. The lowest BCUT2D eigenvalue weighted by molar-refractivity contribution is 0.0710. The number of aromatic nitrogens is 4. The number of imidazole rings is 1. The van der Waals surface area contributed by atoms with Gasteiger partial charge in [0.15, 0.2) is 0 Å². The molecule has 1 aliphatic carbocycles. The zero-order chi connectivity index (χ0) is 19.6. The zero-order valence-corrected chi connectivity index (χ0v) is 16.7. The van der Waals surface area contributed by atoms with Crippen molar-refractivity contribution in [1.29, 1.82) is 0 Å². The lowest BCUT2D eigenvalue weighted by Crippen LogP contribution is -2.38. The molecule has 3 aromatic rings. The summed E-state index contributed by atoms with van der Waals surface area (Å²) in [5, 5.41) is 4.16. The van der Waals surface area contributed by atoms with Crippen molar-refractivity contribution in [2.75, 3.05) is 11.9 Å². The van der Waals surface area contributed by atoms with Crippen molar-refractivity contribution >= 4 is 22.8 Å². The number of anilines is 1. The highest BCUT2D eigenvalue weighted by Gasteiger charge is 2.39. The molecule has 2 aliphatic rings. The third kappa shape index (κ3) is 2.58. The van der Waals surface area contributed by atoms with E-state index in [9.17, 15) is 4.79 Å². The van der Waals surface area contributed by atoms with Gasteiger partial charge in [0.1, 0.15) is 23.7 Å². The molecule has 0 unspecified atom stereocenters. The fourth-order valence-corrected chi connectivity index (χ4v) is 4.06. The first kappa shape index (κ1) is 17.2. The molecule has 1 saturated carbocycles. The van der Waals surface area contributed by atoms with Crippen LogP contribution in [0, 0.1) is 20.8 Å². The van der Waals surface area contributed by atoms with Crippen LogP contribution in [0.3, 0.4) is 0 Å². The highest BCUT2D eigenvalue weighted by atomic mass is 16.3. The van der Waals surface area contributed by atoms with Gasteiger partial charge in [-0.25, -0.2) is 15.0 Å². The summed E-state index contributed by atoms with van der Waals surface area (Å²) >= 11 is 0. The molecule has 1 fully saturated rings. The van der Waals surface area contributed by atoms with Gasteiger partial charge >= 0.3 is 0 Å². The molecular weight excluding hydrogens is 356 g/mol. The molecule has 146 valence electrons. The molecule has 0 saturated heterocycles. The average Bonchev–Trinajstić information content (AvgIpc) is 3.18. The van der Waals surface area contributed by atoms with Crippen LogP contribution in [0.25, 0.3) is 11.1 Å². The predicted molar refractivity (Wildman–Crippen MR) is 104 cm³/mol. The van der Waals surface area contributed by atoms with E-state index in [4.69, 9.17) is 4.42 Å².